The van der Waals surface area contributed by atoms with Crippen LogP contribution in [0.25, 0.3) is 21.9 Å². The van der Waals surface area contributed by atoms with Gasteiger partial charge in [0.1, 0.15) is 11.2 Å². The van der Waals surface area contributed by atoms with E-state index >= 15 is 0 Å². The fraction of sp³-hybridized carbons (Fsp3) is 0.333. The number of hydrogen-bond donors (Lipinski definition) is 2. The second-order valence-corrected chi connectivity index (χ2v) is 12.1. The Bertz CT molecular complexity index is 1490. The molecule has 4 aromatic rings. The Morgan fingerprint density at radius 1 is 0.829 bits per heavy atom. The molecule has 186 valence electrons. The molecule has 0 saturated carbocycles. The second-order valence-electron chi connectivity index (χ2n) is 9.06. The lowest BCUT2D eigenvalue weighted by atomic mass is 10.1. The summed E-state index contributed by atoms with van der Waals surface area (Å²) in [4.78, 5) is 23.1. The first kappa shape index (κ1) is 25.3. The number of halogens is 3. The van der Waals surface area contributed by atoms with Gasteiger partial charge in [-0.15, -0.1) is 0 Å². The van der Waals surface area contributed by atoms with Crippen LogP contribution in [0.15, 0.2) is 37.8 Å². The van der Waals surface area contributed by atoms with E-state index in [4.69, 9.17) is 32.0 Å². The highest BCUT2D eigenvalue weighted by atomic mass is 79.9. The summed E-state index contributed by atoms with van der Waals surface area (Å²) in [6.07, 6.45) is 1.71. The lowest BCUT2D eigenvalue weighted by Crippen LogP contribution is -2.21. The van der Waals surface area contributed by atoms with Gasteiger partial charge < -0.3 is 28.4 Å². The summed E-state index contributed by atoms with van der Waals surface area (Å²) in [6.45, 7) is 3.16. The van der Waals surface area contributed by atoms with Gasteiger partial charge in [-0.3, -0.25) is 4.57 Å². The fourth-order valence-corrected chi connectivity index (χ4v) is 6.63. The topological polar surface area (TPSA) is 90.3 Å². The van der Waals surface area contributed by atoms with E-state index in [0.29, 0.717) is 22.7 Å². The molecule has 6 rings (SSSR count). The second kappa shape index (κ2) is 9.51. The van der Waals surface area contributed by atoms with Gasteiger partial charge in [-0.05, 0) is 78.3 Å². The molecular formula is C24H24BrCl2N2O5P. The summed E-state index contributed by atoms with van der Waals surface area (Å²) in [6, 6.07) is 7.24. The monoisotopic (exact) mass is 600 g/mol. The maximum atomic E-state index is 11.6. The third-order valence-electron chi connectivity index (χ3n) is 6.55. The molecule has 35 heavy (non-hydrogen) atoms. The Morgan fingerprint density at radius 2 is 1.31 bits per heavy atom. The Labute approximate surface area is 220 Å². The molecule has 0 radical (unpaired) electrons. The van der Waals surface area contributed by atoms with E-state index in [2.05, 4.69) is 27.9 Å². The minimum absolute atomic E-state index is 0.236. The van der Waals surface area contributed by atoms with Gasteiger partial charge in [0.05, 0.1) is 0 Å². The molecule has 2 aromatic heterocycles. The van der Waals surface area contributed by atoms with E-state index in [1.54, 1.807) is 12.1 Å². The van der Waals surface area contributed by atoms with Crippen LogP contribution in [-0.4, -0.2) is 46.8 Å². The number of nitrogens with zero attached hydrogens (tertiary/aromatic N) is 2. The molecule has 2 aliphatic rings. The van der Waals surface area contributed by atoms with Gasteiger partial charge >= 0.3 is 7.60 Å². The highest BCUT2D eigenvalue weighted by molar-refractivity contribution is 9.10. The molecule has 2 aliphatic heterocycles. The van der Waals surface area contributed by atoms with Gasteiger partial charge in [0, 0.05) is 58.1 Å². The van der Waals surface area contributed by atoms with Gasteiger partial charge in [-0.25, -0.2) is 0 Å². The zero-order chi connectivity index (χ0) is 25.1. The maximum Gasteiger partial charge on any atom is 0.391 e. The van der Waals surface area contributed by atoms with Crippen LogP contribution < -0.4 is 5.50 Å². The Kier molecular flexibility index (Phi) is 6.87. The van der Waals surface area contributed by atoms with Crippen LogP contribution >= 0.6 is 46.7 Å². The van der Waals surface area contributed by atoms with Crippen LogP contribution in [0.3, 0.4) is 0 Å². The van der Waals surface area contributed by atoms with Crippen LogP contribution in [0, 0.1) is 0 Å². The Morgan fingerprint density at radius 3 is 1.86 bits per heavy atom. The number of likely N-dealkylation sites (N-methyl/N-ethyl adjacent to an activating group) is 2. The molecule has 0 fully saturated rings. The van der Waals surface area contributed by atoms with E-state index in [0.717, 1.165) is 58.7 Å². The van der Waals surface area contributed by atoms with Crippen LogP contribution in [0.1, 0.15) is 22.3 Å². The summed E-state index contributed by atoms with van der Waals surface area (Å²) < 4.78 is 23.5. The van der Waals surface area contributed by atoms with Gasteiger partial charge in [-0.1, -0.05) is 23.2 Å². The number of furan rings is 2. The molecule has 2 aromatic carbocycles. The molecule has 11 heteroatoms. The van der Waals surface area contributed by atoms with Crippen molar-refractivity contribution < 1.29 is 23.2 Å². The van der Waals surface area contributed by atoms with E-state index in [1.807, 2.05) is 24.1 Å². The van der Waals surface area contributed by atoms with Crippen LogP contribution in [0.2, 0.25) is 10.0 Å². The van der Waals surface area contributed by atoms with E-state index in [-0.39, 0.29) is 5.50 Å². The van der Waals surface area contributed by atoms with E-state index in [1.165, 1.54) is 16.5 Å². The van der Waals surface area contributed by atoms with Crippen molar-refractivity contribution in [2.45, 2.75) is 25.9 Å². The average molecular weight is 602 g/mol. The predicted molar refractivity (Wildman–Crippen MR) is 142 cm³/mol. The van der Waals surface area contributed by atoms with Gasteiger partial charge in [0.25, 0.3) is 0 Å². The van der Waals surface area contributed by atoms with Gasteiger partial charge in [0.2, 0.25) is 5.50 Å². The molecular weight excluding hydrogens is 578 g/mol. The zero-order valence-electron chi connectivity index (χ0n) is 19.1. The molecule has 0 bridgehead atoms. The van der Waals surface area contributed by atoms with Crippen LogP contribution in [0.4, 0.5) is 0 Å². The third kappa shape index (κ3) is 4.72. The Balaban J connectivity index is 0.000000147. The molecule has 7 nitrogen and oxygen atoms in total. The highest BCUT2D eigenvalue weighted by Gasteiger charge is 2.32. The predicted octanol–water partition coefficient (Wildman–Crippen LogP) is 5.71. The first-order valence-electron chi connectivity index (χ1n) is 11.1. The number of rotatable bonds is 1. The van der Waals surface area contributed by atoms with Gasteiger partial charge in [-0.2, -0.15) is 0 Å². The quantitative estimate of drug-likeness (QED) is 0.270. The number of hydrogen-bond acceptors (Lipinski definition) is 5. The minimum atomic E-state index is -4.43. The molecule has 0 spiro atoms. The first-order valence-corrected chi connectivity index (χ1v) is 14.2. The number of benzene rings is 2. The van der Waals surface area contributed by atoms with Gasteiger partial charge in [0.15, 0.2) is 4.67 Å². The van der Waals surface area contributed by atoms with Crippen molar-refractivity contribution in [3.8, 4) is 0 Å². The summed E-state index contributed by atoms with van der Waals surface area (Å²) in [5, 5.41) is 3.42. The Hall–Kier alpha value is -1.35. The lowest BCUT2D eigenvalue weighted by molar-refractivity contribution is 0.333. The van der Waals surface area contributed by atoms with E-state index < -0.39 is 7.60 Å². The standard InChI is InChI=1S/C12H11BrClNO.C12H13ClNO4P/c1-15-5-4-7-9(14)2-3-10-11(7)8(6-15)12(13)16-10;1-14-5-4-7-9(13)2-3-10-11(7)8(6-14)12(18-10)19(15,16)17/h2-3H,4-6H2,1H3;2-3H,4-6H2,1H3,(H2,15,16,17). The van der Waals surface area contributed by atoms with Crippen LogP contribution in [0.5, 0.6) is 0 Å². The van der Waals surface area contributed by atoms with Crippen molar-refractivity contribution in [3.05, 3.63) is 61.2 Å². The molecule has 0 unspecified atom stereocenters. The van der Waals surface area contributed by atoms with Crippen molar-refractivity contribution in [2.75, 3.05) is 27.2 Å². The normalized spacial score (nSPS) is 16.8. The van der Waals surface area contributed by atoms with Crippen LogP contribution in [-0.2, 0) is 30.5 Å². The first-order chi connectivity index (χ1) is 16.5. The third-order valence-corrected chi connectivity index (χ3v) is 8.79. The highest BCUT2D eigenvalue weighted by Crippen LogP contribution is 2.42. The summed E-state index contributed by atoms with van der Waals surface area (Å²) >= 11 is 16.0. The van der Waals surface area contributed by atoms with E-state index in [9.17, 15) is 14.4 Å². The fourth-order valence-electron chi connectivity index (χ4n) is 4.88. The largest absolute Gasteiger partial charge is 0.449 e. The lowest BCUT2D eigenvalue weighted by Gasteiger charge is -2.13. The smallest absolute Gasteiger partial charge is 0.391 e. The minimum Gasteiger partial charge on any atom is -0.449 e. The molecule has 4 heterocycles. The van der Waals surface area contributed by atoms with Crippen molar-refractivity contribution in [1.29, 1.82) is 0 Å². The van der Waals surface area contributed by atoms with Crippen molar-refractivity contribution >= 4 is 74.2 Å². The van der Waals surface area contributed by atoms with Crippen molar-refractivity contribution in [2.24, 2.45) is 0 Å². The zero-order valence-corrected chi connectivity index (χ0v) is 23.1. The summed E-state index contributed by atoms with van der Waals surface area (Å²) in [5.74, 6) is 0. The van der Waals surface area contributed by atoms with Crippen molar-refractivity contribution in [3.63, 3.8) is 0 Å². The molecule has 2 N–H and O–H groups in total. The van der Waals surface area contributed by atoms with Crippen molar-refractivity contribution in [1.82, 2.24) is 9.80 Å². The molecule has 0 amide bonds. The molecule has 0 aliphatic carbocycles. The summed E-state index contributed by atoms with van der Waals surface area (Å²) in [7, 11) is -0.407. The average Bonchev–Trinajstić information content (AvgIpc) is 3.15. The molecule has 0 atom stereocenters. The maximum absolute atomic E-state index is 11.6. The SMILES string of the molecule is CN1CCc2c(Cl)ccc3oc(Br)c(c23)C1.CN1CCc2c(Cl)ccc3oc(P(=O)(O)O)c(c23)C1. The molecule has 0 saturated heterocycles. The summed E-state index contributed by atoms with van der Waals surface area (Å²) in [5.41, 5.74) is 5.07.